The second-order valence-corrected chi connectivity index (χ2v) is 29.8. The van der Waals surface area contributed by atoms with Gasteiger partial charge < -0.3 is 133 Å². The third-order valence-corrected chi connectivity index (χ3v) is 19.9. The highest BCUT2D eigenvalue weighted by Gasteiger charge is 2.36. The molecule has 0 unspecified atom stereocenters. The maximum atomic E-state index is 14.9. The number of nitrogens with two attached hydrogens (primary N) is 3. The van der Waals surface area contributed by atoms with Crippen LogP contribution in [0, 0.1) is 5.82 Å². The number of carboxylic acids is 1. The fourth-order valence-electron chi connectivity index (χ4n) is 10.4. The van der Waals surface area contributed by atoms with Crippen LogP contribution in [0.1, 0.15) is 49.7 Å². The molecule has 2 aromatic carbocycles. The summed E-state index contributed by atoms with van der Waals surface area (Å²) in [7, 11) is 1.89. The van der Waals surface area contributed by atoms with Crippen molar-refractivity contribution >= 4 is 128 Å². The van der Waals surface area contributed by atoms with Crippen LogP contribution in [-0.2, 0) is 126 Å². The number of unbranched alkanes of at least 4 members (excludes halogenated alkanes) is 1. The Morgan fingerprint density at radius 2 is 0.959 bits per heavy atom. The van der Waals surface area contributed by atoms with Crippen LogP contribution in [0.5, 0.6) is 0 Å². The van der Waals surface area contributed by atoms with Gasteiger partial charge in [-0.25, -0.2) is 4.39 Å². The van der Waals surface area contributed by atoms with Crippen molar-refractivity contribution in [2.45, 2.75) is 87.2 Å². The lowest BCUT2D eigenvalue weighted by Crippen LogP contribution is -2.60. The molecule has 2 aliphatic heterocycles. The Morgan fingerprint density at radius 1 is 0.488 bits per heavy atom. The van der Waals surface area contributed by atoms with Crippen LogP contribution in [0.25, 0.3) is 0 Å². The lowest BCUT2D eigenvalue weighted by Gasteiger charge is -2.28. The van der Waals surface area contributed by atoms with E-state index in [2.05, 4.69) is 73.9 Å². The Labute approximate surface area is 711 Å². The van der Waals surface area contributed by atoms with Crippen LogP contribution in [0.2, 0.25) is 0 Å². The Kier molecular flexibility index (Phi) is 56.0. The molecule has 676 valence electrons. The first-order valence-electron chi connectivity index (χ1n) is 39.0. The smallest absolute Gasteiger partial charge is 0.305 e. The van der Waals surface area contributed by atoms with Gasteiger partial charge in [-0.1, -0.05) is 69.2 Å². The fourth-order valence-corrected chi connectivity index (χ4v) is 13.7. The Bertz CT molecular complexity index is 3540. The van der Waals surface area contributed by atoms with E-state index in [4.69, 9.17) is 69.4 Å². The van der Waals surface area contributed by atoms with Gasteiger partial charge >= 0.3 is 5.97 Å². The molecule has 2 bridgehead atoms. The average molecular weight is 1770 g/mol. The number of fused-ring (bicyclic) bond motifs is 5. The van der Waals surface area contributed by atoms with Crippen LogP contribution < -0.4 is 81.0 Å². The maximum absolute atomic E-state index is 14.9. The SMILES string of the molecule is NC(=O)COCC(=O)NCCOCCOCCOCCNC(=O)[C@@H]1CSCC(=O)[C@H](CCCCNC(=O)COCC(=O)NCCOCCOCCOCCOCCOCCNC(=O)CO/N=C/c2ccc([18F])cc2)NC(=O)[C@@H]2CSSC[C@H](NC(=O)[C@H](Cc3ccccc3)N1)C(=O)N[C@@H](CC(=O)O)C(=O)NCC(=O)N[C@@H](CCCN=C(N)N)C(=O)N2. The number of amides is 12. The highest BCUT2D eigenvalue weighted by atomic mass is 33.1. The van der Waals surface area contributed by atoms with Gasteiger partial charge in [0.2, 0.25) is 65.0 Å². The average Bonchev–Trinajstić information content (AvgIpc) is 1.66. The monoisotopic (exact) mass is 1770 g/mol. The number of guanidine groups is 1. The summed E-state index contributed by atoms with van der Waals surface area (Å²) >= 11 is 0.978. The number of carboxylic acid groups (broad SMARTS) is 1. The molecule has 47 heteroatoms. The number of primary amides is 1. The summed E-state index contributed by atoms with van der Waals surface area (Å²) in [4.78, 5) is 196. The zero-order valence-electron chi connectivity index (χ0n) is 67.3. The van der Waals surface area contributed by atoms with Gasteiger partial charge in [-0.2, -0.15) is 11.8 Å². The molecule has 43 nitrogen and oxygen atoms in total. The molecule has 121 heavy (non-hydrogen) atoms. The molecule has 0 spiro atoms. The van der Waals surface area contributed by atoms with Gasteiger partial charge in [-0.15, -0.1) is 0 Å². The minimum absolute atomic E-state index is 0.00215. The van der Waals surface area contributed by atoms with E-state index in [1.165, 1.54) is 30.5 Å². The number of aliphatic imine (C=N–C) groups is 1. The summed E-state index contributed by atoms with van der Waals surface area (Å²) in [5.41, 5.74) is 17.3. The quantitative estimate of drug-likeness (QED) is 0.00964. The lowest BCUT2D eigenvalue weighted by molar-refractivity contribution is -0.141. The fraction of sp³-hybridized carbons (Fsp3) is 0.622. The molecular weight excluding hydrogens is 1660 g/mol. The molecule has 2 fully saturated rings. The zero-order chi connectivity index (χ0) is 87.9. The van der Waals surface area contributed by atoms with Crippen molar-refractivity contribution < 1.29 is 129 Å². The Hall–Kier alpha value is -9.50. The molecule has 2 saturated heterocycles. The van der Waals surface area contributed by atoms with Crippen molar-refractivity contribution in [3.8, 4) is 0 Å². The normalized spacial score (nSPS) is 18.6. The van der Waals surface area contributed by atoms with E-state index >= 15 is 0 Å². The van der Waals surface area contributed by atoms with Crippen molar-refractivity contribution in [3.05, 3.63) is 71.5 Å². The zero-order valence-corrected chi connectivity index (χ0v) is 69.7. The minimum Gasteiger partial charge on any atom is -0.481 e. The van der Waals surface area contributed by atoms with Crippen LogP contribution >= 0.6 is 33.3 Å². The second kappa shape index (κ2) is 65.2. The molecular formula is C74H114FN17O26S3. The van der Waals surface area contributed by atoms with Crippen LogP contribution in [-0.4, -0.2) is 350 Å². The van der Waals surface area contributed by atoms with E-state index in [1.54, 1.807) is 30.3 Å². The van der Waals surface area contributed by atoms with Crippen LogP contribution in [0.3, 0.4) is 0 Å². The number of thioether (sulfide) groups is 1. The van der Waals surface area contributed by atoms with Gasteiger partial charge in [0.15, 0.2) is 18.3 Å². The van der Waals surface area contributed by atoms with Crippen LogP contribution in [0.15, 0.2) is 64.7 Å². The van der Waals surface area contributed by atoms with Gasteiger partial charge in [0.25, 0.3) is 5.91 Å². The first-order chi connectivity index (χ1) is 58.4. The van der Waals surface area contributed by atoms with Gasteiger partial charge in [-0.3, -0.25) is 77.4 Å². The number of oxime groups is 1. The molecule has 0 aromatic heterocycles. The third kappa shape index (κ3) is 51.8. The maximum Gasteiger partial charge on any atom is 0.305 e. The number of ketones is 1. The summed E-state index contributed by atoms with van der Waals surface area (Å²) in [6.07, 6.45) is 0.736. The first-order valence-corrected chi connectivity index (χ1v) is 42.6. The summed E-state index contributed by atoms with van der Waals surface area (Å²) < 4.78 is 67.3. The standard InChI is InChI=1S/C74H114FN17O26S3/c75-52-13-11-51(12-14-52)39-86-118-45-66(99)82-19-23-110-27-31-114-34-36-115-35-33-113-30-26-109-22-18-81-65(98)44-117-43-63(96)79-15-5-4-9-53-60(93)49-119-46-57(69(103)83-20-24-111-28-32-112-29-25-108-21-17-80-64(97)42-116-41-61(76)94)87-55(37-50-7-2-1-3-8-50)71(105)92-59-48-121-120-47-58(72(106)89-53)91-70(104)54(10-6-16-84-74(77)78)88-62(95)40-85-68(102)56(38-67(100)101)90-73(59)107/h1-3,7-8,11-14,39,53-59,87H,4-6,9-10,15-38,40-49H2,(H2,76,94)(H,79,96)(H,80,97)(H,81,98)(H,82,99)(H,83,103)(H,85,102)(H,88,95)(H,89,106)(H,90,107)(H,91,104)(H,92,105)(H,100,101)(H4,77,78,84)/b86-39+/t53-,54-,55-,56-,57-,58-,59-/m0/s1/i75-1. The molecule has 2 heterocycles. The number of nitrogens with zero attached hydrogens (tertiary/aromatic N) is 2. The number of benzene rings is 2. The second-order valence-electron chi connectivity index (χ2n) is 26.2. The van der Waals surface area contributed by atoms with Crippen molar-refractivity contribution in [2.75, 3.05) is 208 Å². The molecule has 2 aliphatic rings. The number of rotatable bonds is 56. The van der Waals surface area contributed by atoms with E-state index in [0.29, 0.717) is 50.8 Å². The highest BCUT2D eigenvalue weighted by molar-refractivity contribution is 8.76. The number of halogens is 1. The molecule has 0 aliphatic carbocycles. The van der Waals surface area contributed by atoms with Crippen molar-refractivity contribution in [1.29, 1.82) is 0 Å². The van der Waals surface area contributed by atoms with Gasteiger partial charge in [0, 0.05) is 56.5 Å². The topological polar surface area (TPSA) is 608 Å². The number of carbonyl (C=O) groups excluding carboxylic acids is 13. The van der Waals surface area contributed by atoms with Gasteiger partial charge in [-0.05, 0) is 61.8 Å². The van der Waals surface area contributed by atoms with E-state index in [-0.39, 0.29) is 198 Å². The number of aliphatic carboxylic acids is 1. The predicted molar refractivity (Wildman–Crippen MR) is 439 cm³/mol. The lowest BCUT2D eigenvalue weighted by atomic mass is 10.0. The van der Waals surface area contributed by atoms with Gasteiger partial charge in [0.05, 0.1) is 149 Å². The van der Waals surface area contributed by atoms with Gasteiger partial charge in [0.1, 0.15) is 56.4 Å². The third-order valence-electron chi connectivity index (χ3n) is 16.4. The van der Waals surface area contributed by atoms with E-state index in [0.717, 1.165) is 33.3 Å². The summed E-state index contributed by atoms with van der Waals surface area (Å²) in [6, 6.07) is 4.12. The first kappa shape index (κ1) is 104. The number of Topliss-reactive ketones (excluding diaryl/α,β-unsaturated/α-hetero) is 1. The molecule has 19 N–H and O–H groups in total. The van der Waals surface area contributed by atoms with Crippen molar-refractivity contribution in [1.82, 2.24) is 63.8 Å². The highest BCUT2D eigenvalue weighted by Crippen LogP contribution is 2.24. The number of ether oxygens (including phenoxy) is 10. The largest absolute Gasteiger partial charge is 0.481 e. The number of hydrogen-bond donors (Lipinski definition) is 16. The van der Waals surface area contributed by atoms with Crippen molar-refractivity contribution in [2.24, 2.45) is 27.3 Å². The molecule has 4 rings (SSSR count). The molecule has 12 amide bonds. The predicted octanol–water partition coefficient (Wildman–Crippen LogP) is -6.07. The van der Waals surface area contributed by atoms with Crippen LogP contribution in [0.4, 0.5) is 4.39 Å². The van der Waals surface area contributed by atoms with E-state index in [9.17, 15) is 76.6 Å². The summed E-state index contributed by atoms with van der Waals surface area (Å²) in [5, 5.41) is 45.3. The van der Waals surface area contributed by atoms with E-state index in [1.807, 2.05) is 0 Å². The molecule has 0 saturated carbocycles. The Morgan fingerprint density at radius 3 is 1.47 bits per heavy atom. The minimum atomic E-state index is -1.81. The number of hydrogen-bond acceptors (Lipinski definition) is 31. The molecule has 7 atom stereocenters. The Balaban J connectivity index is 1.33. The summed E-state index contributed by atoms with van der Waals surface area (Å²) in [6.45, 7) is 1.44. The molecule has 2 aromatic rings. The summed E-state index contributed by atoms with van der Waals surface area (Å²) in [5.74, 6) is -12.7. The number of carbonyl (C=O) groups is 14. The van der Waals surface area contributed by atoms with E-state index < -0.39 is 152 Å². The number of nitrogens with one attached hydrogen (secondary N) is 12. The molecule has 0 radical (unpaired) electrons. The van der Waals surface area contributed by atoms with Crippen molar-refractivity contribution in [3.63, 3.8) is 0 Å².